The number of halogens is 1. The Labute approximate surface area is 181 Å². The number of hydrogen-bond acceptors (Lipinski definition) is 6. The van der Waals surface area contributed by atoms with Crippen LogP contribution in [0.4, 0.5) is 4.39 Å². The van der Waals surface area contributed by atoms with Crippen LogP contribution in [0.1, 0.15) is 39.5 Å². The van der Waals surface area contributed by atoms with Crippen molar-refractivity contribution in [3.8, 4) is 0 Å². The topological polar surface area (TPSA) is 99.4 Å². The second-order valence-electron chi connectivity index (χ2n) is 8.09. The quantitative estimate of drug-likeness (QED) is 0.505. The molecule has 2 aromatic carbocycles. The molecule has 5 atom stereocenters. The number of methoxy groups -OCH3 is 1. The fraction of sp³-hybridized carbons (Fsp3) is 0.500. The molecule has 0 aromatic heterocycles. The summed E-state index contributed by atoms with van der Waals surface area (Å²) in [5.74, 6) is 0. The molecule has 1 saturated heterocycles. The molecule has 0 amide bonds. The van der Waals surface area contributed by atoms with Gasteiger partial charge in [0.25, 0.3) is 0 Å². The van der Waals surface area contributed by atoms with Crippen molar-refractivity contribution >= 4 is 0 Å². The number of hydrogen-bond donors (Lipinski definition) is 4. The highest BCUT2D eigenvalue weighted by atomic mass is 19.1. The Bertz CT molecular complexity index is 854. The Morgan fingerprint density at radius 3 is 2.26 bits per heavy atom. The van der Waals surface area contributed by atoms with Crippen LogP contribution in [-0.2, 0) is 28.9 Å². The molecular weight excluding hydrogens is 403 g/mol. The summed E-state index contributed by atoms with van der Waals surface area (Å²) in [6, 6.07) is 11.7. The van der Waals surface area contributed by atoms with Gasteiger partial charge >= 0.3 is 0 Å². The first-order chi connectivity index (χ1) is 14.9. The van der Waals surface area contributed by atoms with E-state index in [0.717, 1.165) is 27.8 Å². The van der Waals surface area contributed by atoms with E-state index in [-0.39, 0.29) is 13.3 Å². The van der Waals surface area contributed by atoms with E-state index in [1.54, 1.807) is 7.11 Å². The molecule has 0 spiro atoms. The fourth-order valence-corrected chi connectivity index (χ4v) is 4.08. The van der Waals surface area contributed by atoms with Gasteiger partial charge in [-0.2, -0.15) is 0 Å². The molecule has 31 heavy (non-hydrogen) atoms. The van der Waals surface area contributed by atoms with Crippen LogP contribution in [0.25, 0.3) is 0 Å². The predicted octanol–water partition coefficient (Wildman–Crippen LogP) is 1.76. The standard InChI is InChI=1S/C24H31FO6/c1-14-9-18(13-30-2)19(24-23(29)22(28)21(27)20(12-26)31-24)11-17(14)10-16-5-3-15(4-6-16)7-8-25/h3-6,9,11,20-24,26-29H,7-8,10,12-13H2,1-2H3/t20-,21-,22+,23-,24?/m1/s1. The van der Waals surface area contributed by atoms with Crippen LogP contribution < -0.4 is 0 Å². The lowest BCUT2D eigenvalue weighted by molar-refractivity contribution is -0.232. The molecule has 170 valence electrons. The second kappa shape index (κ2) is 10.6. The van der Waals surface area contributed by atoms with Crippen molar-refractivity contribution in [3.05, 3.63) is 69.8 Å². The third-order valence-electron chi connectivity index (χ3n) is 5.90. The monoisotopic (exact) mass is 434 g/mol. The Kier molecular flexibility index (Phi) is 8.16. The molecule has 1 unspecified atom stereocenters. The van der Waals surface area contributed by atoms with Gasteiger partial charge in [-0.3, -0.25) is 4.39 Å². The number of aryl methyl sites for hydroxylation is 2. The van der Waals surface area contributed by atoms with E-state index in [0.29, 0.717) is 18.4 Å². The van der Waals surface area contributed by atoms with Crippen molar-refractivity contribution in [2.24, 2.45) is 0 Å². The highest BCUT2D eigenvalue weighted by Gasteiger charge is 2.44. The molecule has 1 aliphatic rings. The predicted molar refractivity (Wildman–Crippen MR) is 114 cm³/mol. The summed E-state index contributed by atoms with van der Waals surface area (Å²) in [6.45, 7) is 1.40. The SMILES string of the molecule is COCc1cc(C)c(Cc2ccc(CCF)cc2)cc1C1O[C@H](CO)[C@@H](O)[C@H](O)[C@H]1O. The molecule has 0 radical (unpaired) electrons. The summed E-state index contributed by atoms with van der Waals surface area (Å²) in [5, 5.41) is 40.5. The van der Waals surface area contributed by atoms with Gasteiger partial charge in [0, 0.05) is 13.5 Å². The highest BCUT2D eigenvalue weighted by molar-refractivity contribution is 5.42. The van der Waals surface area contributed by atoms with E-state index in [2.05, 4.69) is 0 Å². The van der Waals surface area contributed by atoms with Gasteiger partial charge in [0.05, 0.1) is 19.9 Å². The molecular formula is C24H31FO6. The molecule has 1 fully saturated rings. The van der Waals surface area contributed by atoms with Gasteiger partial charge in [-0.25, -0.2) is 0 Å². The smallest absolute Gasteiger partial charge is 0.113 e. The largest absolute Gasteiger partial charge is 0.394 e. The van der Waals surface area contributed by atoms with Crippen LogP contribution in [0.3, 0.4) is 0 Å². The number of benzene rings is 2. The van der Waals surface area contributed by atoms with E-state index in [1.807, 2.05) is 43.3 Å². The zero-order chi connectivity index (χ0) is 22.5. The average molecular weight is 435 g/mol. The van der Waals surface area contributed by atoms with Crippen LogP contribution in [-0.4, -0.2) is 65.2 Å². The minimum absolute atomic E-state index is 0.281. The Morgan fingerprint density at radius 1 is 0.968 bits per heavy atom. The number of rotatable bonds is 8. The first-order valence-electron chi connectivity index (χ1n) is 10.4. The van der Waals surface area contributed by atoms with Crippen LogP contribution in [0.2, 0.25) is 0 Å². The average Bonchev–Trinajstić information content (AvgIpc) is 2.76. The van der Waals surface area contributed by atoms with E-state index in [4.69, 9.17) is 9.47 Å². The van der Waals surface area contributed by atoms with Gasteiger partial charge in [0.1, 0.15) is 30.5 Å². The van der Waals surface area contributed by atoms with Gasteiger partial charge in [0.15, 0.2) is 0 Å². The molecule has 0 aliphatic carbocycles. The van der Waals surface area contributed by atoms with Gasteiger partial charge in [0.2, 0.25) is 0 Å². The summed E-state index contributed by atoms with van der Waals surface area (Å²) in [6.07, 6.45) is -5.09. The van der Waals surface area contributed by atoms with Gasteiger partial charge in [-0.1, -0.05) is 36.4 Å². The van der Waals surface area contributed by atoms with Gasteiger partial charge in [-0.05, 0) is 46.7 Å². The lowest BCUT2D eigenvalue weighted by Gasteiger charge is -2.41. The summed E-state index contributed by atoms with van der Waals surface area (Å²) in [5.41, 5.74) is 5.49. The minimum atomic E-state index is -1.45. The maximum atomic E-state index is 12.5. The van der Waals surface area contributed by atoms with Crippen molar-refractivity contribution in [1.82, 2.24) is 0 Å². The minimum Gasteiger partial charge on any atom is -0.394 e. The van der Waals surface area contributed by atoms with Crippen molar-refractivity contribution in [1.29, 1.82) is 0 Å². The molecule has 1 aliphatic heterocycles. The molecule has 3 rings (SSSR count). The first-order valence-corrected chi connectivity index (χ1v) is 10.4. The number of ether oxygens (including phenoxy) is 2. The molecule has 2 aromatic rings. The number of aliphatic hydroxyl groups excluding tert-OH is 4. The summed E-state index contributed by atoms with van der Waals surface area (Å²) < 4.78 is 23.7. The first kappa shape index (κ1) is 23.8. The summed E-state index contributed by atoms with van der Waals surface area (Å²) in [4.78, 5) is 0. The molecule has 7 heteroatoms. The fourth-order valence-electron chi connectivity index (χ4n) is 4.08. The zero-order valence-corrected chi connectivity index (χ0v) is 17.9. The van der Waals surface area contributed by atoms with Crippen molar-refractivity contribution < 1.29 is 34.3 Å². The second-order valence-corrected chi connectivity index (χ2v) is 8.09. The number of aliphatic hydroxyl groups is 4. The molecule has 0 bridgehead atoms. The molecule has 6 nitrogen and oxygen atoms in total. The Balaban J connectivity index is 1.95. The maximum absolute atomic E-state index is 12.5. The Hall–Kier alpha value is -1.87. The summed E-state index contributed by atoms with van der Waals surface area (Å²) in [7, 11) is 1.57. The Morgan fingerprint density at radius 2 is 1.65 bits per heavy atom. The number of alkyl halides is 1. The molecule has 4 N–H and O–H groups in total. The van der Waals surface area contributed by atoms with Crippen molar-refractivity contribution in [3.63, 3.8) is 0 Å². The van der Waals surface area contributed by atoms with Gasteiger partial charge < -0.3 is 29.9 Å². The van der Waals surface area contributed by atoms with E-state index >= 15 is 0 Å². The lowest BCUT2D eigenvalue weighted by atomic mass is 9.86. The van der Waals surface area contributed by atoms with Crippen LogP contribution in [0, 0.1) is 6.92 Å². The highest BCUT2D eigenvalue weighted by Crippen LogP contribution is 2.36. The van der Waals surface area contributed by atoms with E-state index < -0.39 is 37.1 Å². The third-order valence-corrected chi connectivity index (χ3v) is 5.90. The normalized spacial score (nSPS) is 26.2. The van der Waals surface area contributed by atoms with E-state index in [1.165, 1.54) is 0 Å². The maximum Gasteiger partial charge on any atom is 0.113 e. The molecule has 0 saturated carbocycles. The zero-order valence-electron chi connectivity index (χ0n) is 17.9. The lowest BCUT2D eigenvalue weighted by Crippen LogP contribution is -2.55. The van der Waals surface area contributed by atoms with Crippen molar-refractivity contribution in [2.45, 2.75) is 56.9 Å². The van der Waals surface area contributed by atoms with Gasteiger partial charge in [-0.15, -0.1) is 0 Å². The van der Waals surface area contributed by atoms with Crippen molar-refractivity contribution in [2.75, 3.05) is 20.4 Å². The summed E-state index contributed by atoms with van der Waals surface area (Å²) >= 11 is 0. The third kappa shape index (κ3) is 5.31. The van der Waals surface area contributed by atoms with Crippen LogP contribution in [0.15, 0.2) is 36.4 Å². The van der Waals surface area contributed by atoms with Crippen LogP contribution >= 0.6 is 0 Å². The molecule has 1 heterocycles. The van der Waals surface area contributed by atoms with Crippen LogP contribution in [0.5, 0.6) is 0 Å². The van der Waals surface area contributed by atoms with E-state index in [9.17, 15) is 24.8 Å².